The first-order valence-electron chi connectivity index (χ1n) is 11.3. The van der Waals surface area contributed by atoms with Gasteiger partial charge in [0.2, 0.25) is 0 Å². The maximum atomic E-state index is 13.3. The Balaban J connectivity index is 1.53. The van der Waals surface area contributed by atoms with Crippen molar-refractivity contribution in [3.8, 4) is 22.9 Å². The van der Waals surface area contributed by atoms with Gasteiger partial charge in [0.25, 0.3) is 5.56 Å². The van der Waals surface area contributed by atoms with Crippen LogP contribution in [0.25, 0.3) is 22.3 Å². The number of hydrogen-bond acceptors (Lipinski definition) is 5. The number of para-hydroxylation sites is 1. The second-order valence-corrected chi connectivity index (χ2v) is 8.40. The van der Waals surface area contributed by atoms with Gasteiger partial charge in [-0.3, -0.25) is 4.79 Å². The molecule has 5 aromatic rings. The van der Waals surface area contributed by atoms with Gasteiger partial charge in [0.05, 0.1) is 29.2 Å². The van der Waals surface area contributed by atoms with E-state index in [2.05, 4.69) is 5.10 Å². The molecule has 6 nitrogen and oxygen atoms in total. The van der Waals surface area contributed by atoms with Gasteiger partial charge in [-0.15, -0.1) is 0 Å². The summed E-state index contributed by atoms with van der Waals surface area (Å²) in [6, 6.07) is 30.0. The number of halogens is 1. The van der Waals surface area contributed by atoms with Crippen LogP contribution in [0.1, 0.15) is 11.1 Å². The van der Waals surface area contributed by atoms with E-state index >= 15 is 0 Å². The van der Waals surface area contributed by atoms with Crippen LogP contribution in [-0.4, -0.2) is 23.0 Å². The molecule has 1 heterocycles. The predicted molar refractivity (Wildman–Crippen MR) is 143 cm³/mol. The zero-order chi connectivity index (χ0) is 24.9. The minimum atomic E-state index is -0.267. The van der Waals surface area contributed by atoms with Crippen molar-refractivity contribution in [1.29, 1.82) is 0 Å². The molecule has 7 heteroatoms. The van der Waals surface area contributed by atoms with Crippen molar-refractivity contribution >= 4 is 28.7 Å². The zero-order valence-corrected chi connectivity index (χ0v) is 20.2. The van der Waals surface area contributed by atoms with Crippen LogP contribution >= 0.6 is 11.6 Å². The van der Waals surface area contributed by atoms with Crippen molar-refractivity contribution in [2.45, 2.75) is 6.61 Å². The van der Waals surface area contributed by atoms with Gasteiger partial charge < -0.3 is 9.47 Å². The maximum absolute atomic E-state index is 13.3. The van der Waals surface area contributed by atoms with E-state index in [1.54, 1.807) is 37.6 Å². The summed E-state index contributed by atoms with van der Waals surface area (Å²) in [7, 11) is 1.55. The average molecular weight is 496 g/mol. The van der Waals surface area contributed by atoms with E-state index < -0.39 is 0 Å². The molecule has 0 aliphatic carbocycles. The number of rotatable bonds is 7. The van der Waals surface area contributed by atoms with Gasteiger partial charge in [-0.1, -0.05) is 84.4 Å². The van der Waals surface area contributed by atoms with Gasteiger partial charge >= 0.3 is 0 Å². The summed E-state index contributed by atoms with van der Waals surface area (Å²) in [5.41, 5.74) is 2.77. The molecule has 0 radical (unpaired) electrons. The van der Waals surface area contributed by atoms with Crippen molar-refractivity contribution in [3.05, 3.63) is 124 Å². The van der Waals surface area contributed by atoms with E-state index in [9.17, 15) is 4.79 Å². The zero-order valence-electron chi connectivity index (χ0n) is 19.5. The first kappa shape index (κ1) is 23.3. The molecule has 36 heavy (non-hydrogen) atoms. The molecule has 178 valence electrons. The fraction of sp³-hybridized carbons (Fsp3) is 0.0690. The van der Waals surface area contributed by atoms with Gasteiger partial charge in [-0.05, 0) is 35.4 Å². The summed E-state index contributed by atoms with van der Waals surface area (Å²) in [4.78, 5) is 18.1. The Bertz CT molecular complexity index is 1600. The quantitative estimate of drug-likeness (QED) is 0.253. The number of hydrogen-bond donors (Lipinski definition) is 0. The molecule has 0 unspecified atom stereocenters. The SMILES string of the molecule is COc1cc(C=Nn2c(-c3ccccc3)nc3ccccc3c2=O)cc(Cl)c1OCc1ccccc1. The first-order chi connectivity index (χ1) is 17.6. The monoisotopic (exact) mass is 495 g/mol. The number of methoxy groups -OCH3 is 1. The summed E-state index contributed by atoms with van der Waals surface area (Å²) in [6.07, 6.45) is 1.56. The topological polar surface area (TPSA) is 65.7 Å². The van der Waals surface area contributed by atoms with Crippen LogP contribution in [-0.2, 0) is 6.61 Å². The largest absolute Gasteiger partial charge is 0.493 e. The molecular formula is C29H22ClN3O3. The van der Waals surface area contributed by atoms with E-state index in [-0.39, 0.29) is 5.56 Å². The van der Waals surface area contributed by atoms with Crippen molar-refractivity contribution < 1.29 is 9.47 Å². The molecule has 1 aromatic heterocycles. The molecule has 0 bridgehead atoms. The van der Waals surface area contributed by atoms with Crippen LogP contribution in [0.2, 0.25) is 5.02 Å². The van der Waals surface area contributed by atoms with Gasteiger partial charge in [0.1, 0.15) is 6.61 Å². The van der Waals surface area contributed by atoms with E-state index in [4.69, 9.17) is 26.1 Å². The van der Waals surface area contributed by atoms with Gasteiger partial charge in [0.15, 0.2) is 17.3 Å². The molecule has 0 aliphatic heterocycles. The van der Waals surface area contributed by atoms with Gasteiger partial charge in [-0.25, -0.2) is 4.98 Å². The van der Waals surface area contributed by atoms with Crippen molar-refractivity contribution in [1.82, 2.24) is 9.66 Å². The summed E-state index contributed by atoms with van der Waals surface area (Å²) in [6.45, 7) is 0.350. The number of benzene rings is 4. The van der Waals surface area contributed by atoms with E-state index in [1.165, 1.54) is 4.68 Å². The Morgan fingerprint density at radius 2 is 1.64 bits per heavy atom. The smallest absolute Gasteiger partial charge is 0.282 e. The fourth-order valence-corrected chi connectivity index (χ4v) is 4.09. The Morgan fingerprint density at radius 3 is 2.39 bits per heavy atom. The van der Waals surface area contributed by atoms with E-state index in [0.29, 0.717) is 45.4 Å². The molecule has 0 N–H and O–H groups in total. The standard InChI is InChI=1S/C29H22ClN3O3/c1-35-26-17-21(16-24(30)27(26)36-19-20-10-4-2-5-11-20)18-31-33-28(22-12-6-3-7-13-22)32-25-15-9-8-14-23(25)29(33)34/h2-18H,19H2,1H3. The second-order valence-electron chi connectivity index (χ2n) is 7.99. The highest BCUT2D eigenvalue weighted by atomic mass is 35.5. The number of nitrogens with zero attached hydrogens (tertiary/aromatic N) is 3. The van der Waals surface area contributed by atoms with Gasteiger partial charge in [-0.2, -0.15) is 9.78 Å². The molecular weight excluding hydrogens is 474 g/mol. The van der Waals surface area contributed by atoms with Gasteiger partial charge in [0, 0.05) is 5.56 Å². The molecule has 0 saturated carbocycles. The number of ether oxygens (including phenoxy) is 2. The van der Waals surface area contributed by atoms with Crippen LogP contribution < -0.4 is 15.0 Å². The highest BCUT2D eigenvalue weighted by Gasteiger charge is 2.14. The molecule has 0 atom stereocenters. The van der Waals surface area contributed by atoms with E-state index in [0.717, 1.165) is 11.1 Å². The molecule has 0 saturated heterocycles. The molecule has 0 fully saturated rings. The highest BCUT2D eigenvalue weighted by molar-refractivity contribution is 6.32. The van der Waals surface area contributed by atoms with E-state index in [1.807, 2.05) is 72.8 Å². The first-order valence-corrected chi connectivity index (χ1v) is 11.7. The second kappa shape index (κ2) is 10.5. The Labute approximate surface area is 213 Å². The molecule has 0 aliphatic rings. The third-order valence-corrected chi connectivity index (χ3v) is 5.87. The number of aromatic nitrogens is 2. The summed E-state index contributed by atoms with van der Waals surface area (Å²) >= 11 is 6.55. The Kier molecular flexibility index (Phi) is 6.78. The lowest BCUT2D eigenvalue weighted by Crippen LogP contribution is -2.20. The van der Waals surface area contributed by atoms with Crippen molar-refractivity contribution in [2.75, 3.05) is 7.11 Å². The summed E-state index contributed by atoms with van der Waals surface area (Å²) in [5, 5.41) is 5.36. The van der Waals surface area contributed by atoms with Crippen LogP contribution in [0.3, 0.4) is 0 Å². The Morgan fingerprint density at radius 1 is 0.944 bits per heavy atom. The lowest BCUT2D eigenvalue weighted by molar-refractivity contribution is 0.284. The molecule has 0 spiro atoms. The third-order valence-electron chi connectivity index (χ3n) is 5.59. The maximum Gasteiger partial charge on any atom is 0.282 e. The summed E-state index contributed by atoms with van der Waals surface area (Å²) in [5.74, 6) is 1.35. The minimum Gasteiger partial charge on any atom is -0.493 e. The minimum absolute atomic E-state index is 0.267. The molecule has 4 aromatic carbocycles. The average Bonchev–Trinajstić information content (AvgIpc) is 2.92. The Hall–Kier alpha value is -4.42. The lowest BCUT2D eigenvalue weighted by atomic mass is 10.2. The van der Waals surface area contributed by atoms with Crippen LogP contribution in [0.15, 0.2) is 107 Å². The summed E-state index contributed by atoms with van der Waals surface area (Å²) < 4.78 is 12.8. The van der Waals surface area contributed by atoms with Crippen molar-refractivity contribution in [3.63, 3.8) is 0 Å². The normalized spacial score (nSPS) is 11.2. The predicted octanol–water partition coefficient (Wildman–Crippen LogP) is 6.19. The van der Waals surface area contributed by atoms with Crippen LogP contribution in [0.4, 0.5) is 0 Å². The third kappa shape index (κ3) is 4.85. The lowest BCUT2D eigenvalue weighted by Gasteiger charge is -2.13. The van der Waals surface area contributed by atoms with Crippen LogP contribution in [0.5, 0.6) is 11.5 Å². The molecule has 0 amide bonds. The van der Waals surface area contributed by atoms with Crippen LogP contribution in [0, 0.1) is 0 Å². The highest BCUT2D eigenvalue weighted by Crippen LogP contribution is 2.36. The fourth-order valence-electron chi connectivity index (χ4n) is 3.81. The molecule has 5 rings (SSSR count). The number of fused-ring (bicyclic) bond motifs is 1. The van der Waals surface area contributed by atoms with Crippen molar-refractivity contribution in [2.24, 2.45) is 5.10 Å².